The summed E-state index contributed by atoms with van der Waals surface area (Å²) in [6.45, 7) is 0. The molecule has 4 N–H and O–H groups in total. The van der Waals surface area contributed by atoms with Crippen molar-refractivity contribution >= 4 is 35.4 Å². The molecule has 0 aliphatic heterocycles. The molecule has 0 rings (SSSR count). The lowest BCUT2D eigenvalue weighted by Crippen LogP contribution is -2.21. The van der Waals surface area contributed by atoms with Crippen LogP contribution in [0.1, 0.15) is 0 Å². The molecule has 0 saturated carbocycles. The van der Waals surface area contributed by atoms with Crippen LogP contribution in [0.5, 0.6) is 0 Å². The summed E-state index contributed by atoms with van der Waals surface area (Å²) >= 11 is 0. The van der Waals surface area contributed by atoms with E-state index in [2.05, 4.69) is 0 Å². The van der Waals surface area contributed by atoms with Gasteiger partial charge in [-0.25, -0.2) is 8.42 Å². The first-order valence-electron chi connectivity index (χ1n) is 4.17. The minimum Gasteiger partial charge on any atom is -0.454 e. The first kappa shape index (κ1) is 22.7. The number of rotatable bonds is 4. The molecular weight excluding hydrogens is 434 g/mol. The van der Waals surface area contributed by atoms with Gasteiger partial charge in [-0.05, 0) is 0 Å². The van der Waals surface area contributed by atoms with E-state index in [1.807, 2.05) is 0 Å². The van der Waals surface area contributed by atoms with Crippen LogP contribution in [0.25, 0.3) is 4.49 Å². The van der Waals surface area contributed by atoms with E-state index in [0.29, 0.717) is 0 Å². The molecular formula is C2H4F6N3O8P2S2-. The Morgan fingerprint density at radius 2 is 1.22 bits per heavy atom. The summed E-state index contributed by atoms with van der Waals surface area (Å²) in [6, 6.07) is 0. The Balaban J connectivity index is 6.05. The fourth-order valence-electron chi connectivity index (χ4n) is 0.575. The summed E-state index contributed by atoms with van der Waals surface area (Å²) in [5, 5.41) is 0. The highest BCUT2D eigenvalue weighted by molar-refractivity contribution is 8.02. The van der Waals surface area contributed by atoms with Crippen molar-refractivity contribution in [3.05, 3.63) is 4.49 Å². The van der Waals surface area contributed by atoms with Gasteiger partial charge in [0.25, 0.3) is 0 Å². The van der Waals surface area contributed by atoms with Gasteiger partial charge in [-0.1, -0.05) is 4.15 Å². The van der Waals surface area contributed by atoms with Gasteiger partial charge in [0.1, 0.15) is 7.66 Å². The lowest BCUT2D eigenvalue weighted by Gasteiger charge is -2.28. The van der Waals surface area contributed by atoms with E-state index in [4.69, 9.17) is 19.6 Å². The monoisotopic (exact) mass is 438 g/mol. The highest BCUT2D eigenvalue weighted by atomic mass is 32.2. The molecule has 0 bridgehead atoms. The van der Waals surface area contributed by atoms with Gasteiger partial charge in [0.2, 0.25) is 0 Å². The Kier molecular flexibility index (Phi) is 6.16. The highest BCUT2D eigenvalue weighted by Gasteiger charge is 2.47. The number of sulfonamides is 2. The molecule has 0 heterocycles. The Morgan fingerprint density at radius 1 is 0.826 bits per heavy atom. The van der Waals surface area contributed by atoms with Crippen LogP contribution in [0, 0.1) is 0 Å². The molecule has 0 amide bonds. The maximum absolute atomic E-state index is 11.9. The third-order valence-electron chi connectivity index (χ3n) is 1.26. The number of hydrogen-bond acceptors (Lipinski definition) is 4. The quantitative estimate of drug-likeness (QED) is 0.368. The molecule has 0 spiro atoms. The lowest BCUT2D eigenvalue weighted by atomic mass is 11.6. The minimum atomic E-state index is -6.64. The minimum absolute atomic E-state index is 1.36. The van der Waals surface area contributed by atoms with Gasteiger partial charge < -0.3 is 24.1 Å². The molecule has 0 radical (unpaired) electrons. The van der Waals surface area contributed by atoms with Crippen LogP contribution in [0.4, 0.5) is 26.3 Å². The van der Waals surface area contributed by atoms with Gasteiger partial charge in [-0.3, -0.25) is 0 Å². The van der Waals surface area contributed by atoms with Crippen molar-refractivity contribution in [1.29, 1.82) is 0 Å². The zero-order valence-corrected chi connectivity index (χ0v) is 13.2. The van der Waals surface area contributed by atoms with Crippen LogP contribution in [-0.4, -0.2) is 47.4 Å². The molecule has 0 saturated heterocycles. The van der Waals surface area contributed by atoms with Gasteiger partial charge >= 0.3 is 28.7 Å². The van der Waals surface area contributed by atoms with Crippen molar-refractivity contribution in [3.8, 4) is 0 Å². The van der Waals surface area contributed by atoms with Gasteiger partial charge in [0.05, 0.1) is 0 Å². The van der Waals surface area contributed by atoms with E-state index in [9.17, 15) is 43.2 Å². The molecule has 140 valence electrons. The van der Waals surface area contributed by atoms with Gasteiger partial charge in [-0.15, -0.1) is 0 Å². The molecule has 0 aromatic rings. The molecule has 21 heteroatoms. The van der Waals surface area contributed by atoms with Gasteiger partial charge in [0.15, 0.2) is 10.0 Å². The van der Waals surface area contributed by atoms with E-state index in [-0.39, 0.29) is 0 Å². The second-order valence-electron chi connectivity index (χ2n) is 3.17. The highest BCUT2D eigenvalue weighted by Crippen LogP contribution is 2.61. The van der Waals surface area contributed by atoms with Crippen LogP contribution in [0.2, 0.25) is 0 Å². The smallest absolute Gasteiger partial charge is 0.454 e. The summed E-state index contributed by atoms with van der Waals surface area (Å²) in [4.78, 5) is 35.1. The van der Waals surface area contributed by atoms with E-state index in [0.717, 1.165) is 0 Å². The molecule has 23 heavy (non-hydrogen) atoms. The molecule has 0 fully saturated rings. The second kappa shape index (κ2) is 6.23. The molecule has 0 aliphatic carbocycles. The zero-order chi connectivity index (χ0) is 19.1. The lowest BCUT2D eigenvalue weighted by molar-refractivity contribution is -0.0438. The fraction of sp³-hybridized carbons (Fsp3) is 1.00. The van der Waals surface area contributed by atoms with Gasteiger partial charge in [0, 0.05) is 0 Å². The molecule has 0 unspecified atom stereocenters. The fourth-order valence-corrected chi connectivity index (χ4v) is 5.76. The molecule has 0 aromatic carbocycles. The Bertz CT molecular complexity index is 768. The molecule has 0 atom stereocenters. The number of alkyl halides is 6. The van der Waals surface area contributed by atoms with Crippen molar-refractivity contribution in [2.45, 2.75) is 11.0 Å². The van der Waals surface area contributed by atoms with Crippen LogP contribution in [0.15, 0.2) is 8.67 Å². The number of hydrogen-bond donors (Lipinski definition) is 4. The molecule has 0 aliphatic rings. The van der Waals surface area contributed by atoms with Crippen LogP contribution in [0.3, 0.4) is 0 Å². The first-order chi connectivity index (χ1) is 9.62. The van der Waals surface area contributed by atoms with Crippen molar-refractivity contribution in [2.24, 2.45) is 8.67 Å². The predicted molar refractivity (Wildman–Crippen MR) is 60.9 cm³/mol. The topological polar surface area (TPSA) is 188 Å². The average molecular weight is 438 g/mol. The number of nitrogens with zero attached hydrogens (tertiary/aromatic N) is 3. The summed E-state index contributed by atoms with van der Waals surface area (Å²) < 4.78 is 118. The maximum atomic E-state index is 11.9. The van der Waals surface area contributed by atoms with E-state index < -0.39 is 46.4 Å². The molecule has 0 aromatic heterocycles. The van der Waals surface area contributed by atoms with Crippen LogP contribution in [-0.2, 0) is 20.0 Å². The van der Waals surface area contributed by atoms with Crippen molar-refractivity contribution in [3.63, 3.8) is 0 Å². The van der Waals surface area contributed by atoms with Crippen LogP contribution >= 0.6 is 15.3 Å². The second-order valence-corrected chi connectivity index (χ2v) is 10.2. The van der Waals surface area contributed by atoms with E-state index in [1.54, 1.807) is 4.52 Å². The third kappa shape index (κ3) is 6.63. The first-order valence-corrected chi connectivity index (χ1v) is 10.3. The third-order valence-corrected chi connectivity index (χ3v) is 7.82. The van der Waals surface area contributed by atoms with Crippen molar-refractivity contribution in [2.75, 3.05) is 0 Å². The SMILES string of the molecule is O=S(=O)(N=P(O)(O)N=P(O)(O)[N-]S(=O)(=O)C(F)(F)F)C(F)(F)F. The number of halogens is 6. The average Bonchev–Trinajstić information content (AvgIpc) is 2.05. The maximum Gasteiger partial charge on any atom is 0.518 e. The zero-order valence-electron chi connectivity index (χ0n) is 9.74. The molecule has 11 nitrogen and oxygen atoms in total. The Labute approximate surface area is 123 Å². The van der Waals surface area contributed by atoms with E-state index >= 15 is 0 Å². The largest absolute Gasteiger partial charge is 0.518 e. The van der Waals surface area contributed by atoms with E-state index in [1.165, 1.54) is 8.64 Å². The predicted octanol–water partition coefficient (Wildman–Crippen LogP) is 0.921. The normalized spacial score (nSPS) is 15.4. The van der Waals surface area contributed by atoms with Crippen molar-refractivity contribution < 1.29 is 62.8 Å². The van der Waals surface area contributed by atoms with Crippen molar-refractivity contribution in [1.82, 2.24) is 0 Å². The summed E-state index contributed by atoms with van der Waals surface area (Å²) in [5.74, 6) is 0. The summed E-state index contributed by atoms with van der Waals surface area (Å²) in [6.07, 6.45) is 0. The summed E-state index contributed by atoms with van der Waals surface area (Å²) in [5.41, 5.74) is -12.4. The standard InChI is InChI=1S/C2H4F6N3O8P2S2/c3-1(4,5)22(16,17)10-20(12,13)9-21(14,15)11-23(18,19)2(6,7)8/h12-15H/q-1. The Morgan fingerprint density at radius 3 is 1.52 bits per heavy atom. The van der Waals surface area contributed by atoms with Crippen LogP contribution < -0.4 is 0 Å². The summed E-state index contributed by atoms with van der Waals surface area (Å²) in [7, 11) is -25.6. The Hall–Kier alpha value is -0.260. The van der Waals surface area contributed by atoms with Gasteiger partial charge in [-0.2, -0.15) is 39.3 Å².